The van der Waals surface area contributed by atoms with Crippen molar-refractivity contribution in [1.29, 1.82) is 0 Å². The largest absolute Gasteiger partial charge is 0.364 e. The molecule has 0 aliphatic rings. The van der Waals surface area contributed by atoms with Crippen molar-refractivity contribution in [1.82, 2.24) is 9.97 Å². The van der Waals surface area contributed by atoms with Gasteiger partial charge in [-0.1, -0.05) is 0 Å². The predicted molar refractivity (Wildman–Crippen MR) is 89.3 cm³/mol. The number of fused-ring (bicyclic) bond motifs is 1. The molecule has 0 spiro atoms. The average Bonchev–Trinajstić information content (AvgIpc) is 3.00. The SMILES string of the molecule is Cc1cc2c(NCc3cc(Br)cs3)nc(NN)nc2s1. The molecule has 0 saturated carbocycles. The van der Waals surface area contributed by atoms with E-state index in [0.29, 0.717) is 5.95 Å². The maximum atomic E-state index is 5.42. The van der Waals surface area contributed by atoms with E-state index in [1.165, 1.54) is 9.75 Å². The number of hydrazine groups is 1. The molecule has 0 saturated heterocycles. The van der Waals surface area contributed by atoms with E-state index < -0.39 is 0 Å². The Labute approximate surface area is 132 Å². The number of nitrogens with two attached hydrogens (primary N) is 1. The normalized spacial score (nSPS) is 10.9. The summed E-state index contributed by atoms with van der Waals surface area (Å²) in [4.78, 5) is 12.1. The van der Waals surface area contributed by atoms with Gasteiger partial charge in [-0.05, 0) is 35.0 Å². The fourth-order valence-electron chi connectivity index (χ4n) is 1.86. The molecule has 3 aromatic rings. The van der Waals surface area contributed by atoms with Gasteiger partial charge in [0.05, 0.1) is 11.9 Å². The van der Waals surface area contributed by atoms with E-state index in [9.17, 15) is 0 Å². The molecule has 0 bridgehead atoms. The van der Waals surface area contributed by atoms with Crippen molar-refractivity contribution in [3.63, 3.8) is 0 Å². The first-order valence-corrected chi connectivity index (χ1v) is 8.36. The molecule has 104 valence electrons. The Kier molecular flexibility index (Phi) is 3.88. The lowest BCUT2D eigenvalue weighted by atomic mass is 10.3. The number of nitrogens with one attached hydrogen (secondary N) is 2. The summed E-state index contributed by atoms with van der Waals surface area (Å²) < 4.78 is 1.10. The van der Waals surface area contributed by atoms with Crippen LogP contribution in [0.5, 0.6) is 0 Å². The first-order chi connectivity index (χ1) is 9.65. The van der Waals surface area contributed by atoms with Crippen LogP contribution in [0.4, 0.5) is 11.8 Å². The van der Waals surface area contributed by atoms with E-state index in [1.54, 1.807) is 22.7 Å². The number of aryl methyl sites for hydroxylation is 1. The quantitative estimate of drug-likeness (QED) is 0.482. The van der Waals surface area contributed by atoms with Crippen LogP contribution in [0.1, 0.15) is 9.75 Å². The molecule has 3 rings (SSSR count). The van der Waals surface area contributed by atoms with Crippen LogP contribution in [0.3, 0.4) is 0 Å². The highest BCUT2D eigenvalue weighted by Crippen LogP contribution is 2.30. The highest BCUT2D eigenvalue weighted by molar-refractivity contribution is 9.10. The molecule has 0 amide bonds. The summed E-state index contributed by atoms with van der Waals surface area (Å²) in [5.41, 5.74) is 2.51. The summed E-state index contributed by atoms with van der Waals surface area (Å²) in [6.07, 6.45) is 0. The Morgan fingerprint density at radius 2 is 2.20 bits per heavy atom. The van der Waals surface area contributed by atoms with Crippen LogP contribution in [0.25, 0.3) is 10.2 Å². The van der Waals surface area contributed by atoms with E-state index >= 15 is 0 Å². The van der Waals surface area contributed by atoms with E-state index in [4.69, 9.17) is 5.84 Å². The molecular weight excluding hydrogens is 358 g/mol. The van der Waals surface area contributed by atoms with Gasteiger partial charge in [-0.3, -0.25) is 5.43 Å². The van der Waals surface area contributed by atoms with Crippen molar-refractivity contribution < 1.29 is 0 Å². The third kappa shape index (κ3) is 2.78. The summed E-state index contributed by atoms with van der Waals surface area (Å²) >= 11 is 6.79. The molecule has 0 aliphatic heterocycles. The Bertz CT molecular complexity index is 751. The molecule has 0 fully saturated rings. The lowest BCUT2D eigenvalue weighted by molar-refractivity contribution is 1.11. The number of nitrogen functional groups attached to an aromatic ring is 1. The molecule has 4 N–H and O–H groups in total. The van der Waals surface area contributed by atoms with Gasteiger partial charge in [0.1, 0.15) is 10.6 Å². The van der Waals surface area contributed by atoms with Gasteiger partial charge >= 0.3 is 0 Å². The molecule has 0 atom stereocenters. The smallest absolute Gasteiger partial charge is 0.240 e. The third-order valence-corrected chi connectivity index (χ3v) is 5.34. The number of anilines is 2. The average molecular weight is 370 g/mol. The van der Waals surface area contributed by atoms with Gasteiger partial charge in [-0.2, -0.15) is 4.98 Å². The van der Waals surface area contributed by atoms with E-state index in [0.717, 1.165) is 27.1 Å². The minimum Gasteiger partial charge on any atom is -0.364 e. The molecule has 0 aliphatic carbocycles. The Morgan fingerprint density at radius 3 is 2.90 bits per heavy atom. The number of nitrogens with zero attached hydrogens (tertiary/aromatic N) is 2. The monoisotopic (exact) mass is 369 g/mol. The highest BCUT2D eigenvalue weighted by Gasteiger charge is 2.10. The third-order valence-electron chi connectivity index (χ3n) is 2.70. The Morgan fingerprint density at radius 1 is 1.35 bits per heavy atom. The van der Waals surface area contributed by atoms with E-state index in [2.05, 4.69) is 61.1 Å². The molecule has 0 radical (unpaired) electrons. The zero-order valence-corrected chi connectivity index (χ0v) is 13.8. The number of rotatable bonds is 4. The molecule has 3 heterocycles. The summed E-state index contributed by atoms with van der Waals surface area (Å²) in [6.45, 7) is 2.78. The summed E-state index contributed by atoms with van der Waals surface area (Å²) in [5, 5.41) is 6.45. The predicted octanol–water partition coefficient (Wildman–Crippen LogP) is 3.72. The molecule has 5 nitrogen and oxygen atoms in total. The van der Waals surface area contributed by atoms with Gasteiger partial charge < -0.3 is 5.32 Å². The molecule has 0 unspecified atom stereocenters. The van der Waals surface area contributed by atoms with Crippen LogP contribution in [0.15, 0.2) is 22.0 Å². The van der Waals surface area contributed by atoms with Crippen molar-refractivity contribution in [3.05, 3.63) is 31.7 Å². The second kappa shape index (κ2) is 5.65. The highest BCUT2D eigenvalue weighted by atomic mass is 79.9. The maximum absolute atomic E-state index is 5.42. The zero-order valence-electron chi connectivity index (χ0n) is 10.6. The van der Waals surface area contributed by atoms with Gasteiger partial charge in [0.2, 0.25) is 5.95 Å². The van der Waals surface area contributed by atoms with E-state index in [-0.39, 0.29) is 0 Å². The molecule has 0 aromatic carbocycles. The Balaban J connectivity index is 1.92. The second-order valence-electron chi connectivity index (χ2n) is 4.20. The van der Waals surface area contributed by atoms with Crippen molar-refractivity contribution in [2.24, 2.45) is 5.84 Å². The summed E-state index contributed by atoms with van der Waals surface area (Å²) in [5.74, 6) is 6.65. The van der Waals surface area contributed by atoms with Crippen LogP contribution in [-0.2, 0) is 6.54 Å². The number of halogens is 1. The summed E-state index contributed by atoms with van der Waals surface area (Å²) in [6, 6.07) is 4.18. The summed E-state index contributed by atoms with van der Waals surface area (Å²) in [7, 11) is 0. The molecule has 20 heavy (non-hydrogen) atoms. The Hall–Kier alpha value is -1.22. The van der Waals surface area contributed by atoms with Crippen LogP contribution >= 0.6 is 38.6 Å². The van der Waals surface area contributed by atoms with Gasteiger partial charge in [-0.25, -0.2) is 10.8 Å². The van der Waals surface area contributed by atoms with Crippen molar-refractivity contribution in [2.45, 2.75) is 13.5 Å². The standard InChI is InChI=1S/C12H12BrN5S2/c1-6-2-9-10(15-4-8-3-7(13)5-19-8)16-12(18-14)17-11(9)20-6/h2-3,5H,4,14H2,1H3,(H2,15,16,17,18). The fraction of sp³-hybridized carbons (Fsp3) is 0.167. The first-order valence-electron chi connectivity index (χ1n) is 5.87. The van der Waals surface area contributed by atoms with E-state index in [1.807, 2.05) is 0 Å². The molecule has 3 aromatic heterocycles. The van der Waals surface area contributed by atoms with Crippen LogP contribution in [0, 0.1) is 6.92 Å². The minimum atomic E-state index is 0.425. The van der Waals surface area contributed by atoms with Gasteiger partial charge in [-0.15, -0.1) is 22.7 Å². The fourth-order valence-corrected chi connectivity index (χ4v) is 4.13. The lowest BCUT2D eigenvalue weighted by Crippen LogP contribution is -2.11. The van der Waals surface area contributed by atoms with Crippen LogP contribution in [-0.4, -0.2) is 9.97 Å². The minimum absolute atomic E-state index is 0.425. The lowest BCUT2D eigenvalue weighted by Gasteiger charge is -2.07. The number of hydrogen-bond donors (Lipinski definition) is 3. The van der Waals surface area contributed by atoms with Crippen molar-refractivity contribution in [3.8, 4) is 0 Å². The van der Waals surface area contributed by atoms with Gasteiger partial charge in [0, 0.05) is 19.6 Å². The number of thiophene rings is 2. The van der Waals surface area contributed by atoms with Crippen molar-refractivity contribution >= 4 is 60.6 Å². The number of aromatic nitrogens is 2. The zero-order chi connectivity index (χ0) is 14.1. The molecular formula is C12H12BrN5S2. The van der Waals surface area contributed by atoms with Crippen LogP contribution < -0.4 is 16.6 Å². The first kappa shape index (κ1) is 13.7. The maximum Gasteiger partial charge on any atom is 0.240 e. The topological polar surface area (TPSA) is 75.9 Å². The number of hydrogen-bond acceptors (Lipinski definition) is 7. The molecule has 8 heteroatoms. The second-order valence-corrected chi connectivity index (χ2v) is 7.35. The van der Waals surface area contributed by atoms with Gasteiger partial charge in [0.15, 0.2) is 0 Å². The van der Waals surface area contributed by atoms with Crippen LogP contribution in [0.2, 0.25) is 0 Å². The van der Waals surface area contributed by atoms with Gasteiger partial charge in [0.25, 0.3) is 0 Å². The van der Waals surface area contributed by atoms with Crippen molar-refractivity contribution in [2.75, 3.05) is 10.7 Å².